The lowest BCUT2D eigenvalue weighted by Crippen LogP contribution is -2.32. The van der Waals surface area contributed by atoms with Crippen LogP contribution in [0, 0.1) is 10.1 Å². The van der Waals surface area contributed by atoms with Gasteiger partial charge in [0.05, 0.1) is 13.2 Å². The van der Waals surface area contributed by atoms with Crippen LogP contribution in [0.4, 0.5) is 19.0 Å². The van der Waals surface area contributed by atoms with Gasteiger partial charge in [0.15, 0.2) is 0 Å². The van der Waals surface area contributed by atoms with E-state index in [2.05, 4.69) is 9.97 Å². The standard InChI is InChI=1S/C21H17F3N4O4/c22-21(23,24)18-8-7-16(10-25-18)15-5-3-14(4-6-15)2-1-9-31-17-11-27-12-19(28(29)30)26-20(27)32-13-17/h1-8,10,12,17H,9,11,13H2/b2-1+/t17-/m0/s1. The van der Waals surface area contributed by atoms with Crippen LogP contribution in [-0.4, -0.2) is 38.8 Å². The molecule has 2 aromatic heterocycles. The summed E-state index contributed by atoms with van der Waals surface area (Å²) in [4.78, 5) is 17.5. The predicted molar refractivity (Wildman–Crippen MR) is 108 cm³/mol. The highest BCUT2D eigenvalue weighted by molar-refractivity contribution is 5.65. The maximum atomic E-state index is 12.6. The summed E-state index contributed by atoms with van der Waals surface area (Å²) in [5, 5.41) is 10.8. The minimum absolute atomic E-state index is 0.204. The number of ether oxygens (including phenoxy) is 2. The van der Waals surface area contributed by atoms with Gasteiger partial charge in [0.2, 0.25) is 0 Å². The van der Waals surface area contributed by atoms with E-state index in [0.29, 0.717) is 18.7 Å². The average molecular weight is 446 g/mol. The molecule has 166 valence electrons. The molecule has 1 aliphatic heterocycles. The van der Waals surface area contributed by atoms with E-state index in [-0.39, 0.29) is 24.5 Å². The number of hydrogen-bond donors (Lipinski definition) is 0. The van der Waals surface area contributed by atoms with Crippen molar-refractivity contribution < 1.29 is 27.6 Å². The molecule has 0 bridgehead atoms. The van der Waals surface area contributed by atoms with Gasteiger partial charge in [-0.1, -0.05) is 42.5 Å². The van der Waals surface area contributed by atoms with E-state index in [1.807, 2.05) is 24.3 Å². The van der Waals surface area contributed by atoms with Gasteiger partial charge in [0.1, 0.15) is 24.6 Å². The van der Waals surface area contributed by atoms with Gasteiger partial charge in [0, 0.05) is 16.7 Å². The number of alkyl halides is 3. The van der Waals surface area contributed by atoms with E-state index in [1.54, 1.807) is 16.7 Å². The average Bonchev–Trinajstić information content (AvgIpc) is 3.21. The third-order valence-electron chi connectivity index (χ3n) is 4.75. The Labute approximate surface area is 180 Å². The number of nitrogens with zero attached hydrogens (tertiary/aromatic N) is 4. The Balaban J connectivity index is 1.29. The molecule has 1 aromatic carbocycles. The summed E-state index contributed by atoms with van der Waals surface area (Å²) in [7, 11) is 0. The van der Waals surface area contributed by atoms with Gasteiger partial charge in [-0.3, -0.25) is 9.55 Å². The molecule has 0 radical (unpaired) electrons. The highest BCUT2D eigenvalue weighted by Gasteiger charge is 2.32. The van der Waals surface area contributed by atoms with Gasteiger partial charge in [-0.25, -0.2) is 0 Å². The molecule has 0 saturated carbocycles. The molecular weight excluding hydrogens is 429 g/mol. The molecular formula is C21H17F3N4O4. The summed E-state index contributed by atoms with van der Waals surface area (Å²) in [5.41, 5.74) is 1.31. The third kappa shape index (κ3) is 4.94. The van der Waals surface area contributed by atoms with Crippen molar-refractivity contribution >= 4 is 11.9 Å². The minimum atomic E-state index is -4.46. The molecule has 0 spiro atoms. The Morgan fingerprint density at radius 2 is 1.97 bits per heavy atom. The van der Waals surface area contributed by atoms with Gasteiger partial charge < -0.3 is 19.6 Å². The third-order valence-corrected chi connectivity index (χ3v) is 4.75. The summed E-state index contributed by atoms with van der Waals surface area (Å²) in [6.45, 7) is 0.961. The molecule has 0 N–H and O–H groups in total. The summed E-state index contributed by atoms with van der Waals surface area (Å²) in [6.07, 6.45) is 1.46. The fourth-order valence-electron chi connectivity index (χ4n) is 3.15. The summed E-state index contributed by atoms with van der Waals surface area (Å²) < 4.78 is 50.5. The van der Waals surface area contributed by atoms with E-state index in [0.717, 1.165) is 17.2 Å². The minimum Gasteiger partial charge on any atom is -0.443 e. The van der Waals surface area contributed by atoms with Gasteiger partial charge in [-0.2, -0.15) is 13.2 Å². The SMILES string of the molecule is O=[N+]([O-])c1cn2c(n1)OC[C@@H](OC/C=C/c1ccc(-c3ccc(C(F)(F)F)nc3)cc1)C2. The molecule has 0 fully saturated rings. The van der Waals surface area contributed by atoms with Crippen molar-refractivity contribution in [1.29, 1.82) is 0 Å². The van der Waals surface area contributed by atoms with Crippen LogP contribution in [0.3, 0.4) is 0 Å². The van der Waals surface area contributed by atoms with Crippen molar-refractivity contribution in [3.05, 3.63) is 76.2 Å². The molecule has 32 heavy (non-hydrogen) atoms. The topological polar surface area (TPSA) is 92.3 Å². The normalized spacial score (nSPS) is 16.0. The lowest BCUT2D eigenvalue weighted by atomic mass is 10.1. The van der Waals surface area contributed by atoms with Crippen LogP contribution >= 0.6 is 0 Å². The van der Waals surface area contributed by atoms with Crippen molar-refractivity contribution in [2.24, 2.45) is 0 Å². The van der Waals surface area contributed by atoms with Crippen molar-refractivity contribution in [2.75, 3.05) is 13.2 Å². The molecule has 0 saturated heterocycles. The lowest BCUT2D eigenvalue weighted by molar-refractivity contribution is -0.389. The quantitative estimate of drug-likeness (QED) is 0.413. The van der Waals surface area contributed by atoms with Crippen LogP contribution in [0.5, 0.6) is 6.01 Å². The van der Waals surface area contributed by atoms with Gasteiger partial charge in [-0.05, 0) is 22.1 Å². The molecule has 3 aromatic rings. The van der Waals surface area contributed by atoms with Gasteiger partial charge in [0.25, 0.3) is 0 Å². The van der Waals surface area contributed by atoms with Gasteiger partial charge in [-0.15, -0.1) is 0 Å². The fraction of sp³-hybridized carbons (Fsp3) is 0.238. The van der Waals surface area contributed by atoms with Crippen molar-refractivity contribution in [3.63, 3.8) is 0 Å². The zero-order valence-electron chi connectivity index (χ0n) is 16.5. The molecule has 8 nitrogen and oxygen atoms in total. The van der Waals surface area contributed by atoms with Gasteiger partial charge >= 0.3 is 18.0 Å². The molecule has 0 amide bonds. The molecule has 0 unspecified atom stereocenters. The van der Waals surface area contributed by atoms with E-state index >= 15 is 0 Å². The Morgan fingerprint density at radius 1 is 1.22 bits per heavy atom. The van der Waals surface area contributed by atoms with Crippen LogP contribution in [0.15, 0.2) is 54.9 Å². The number of benzene rings is 1. The smallest absolute Gasteiger partial charge is 0.433 e. The van der Waals surface area contributed by atoms with Crippen LogP contribution < -0.4 is 4.74 Å². The molecule has 3 heterocycles. The number of pyridine rings is 1. The molecule has 0 aliphatic carbocycles. The number of aromatic nitrogens is 3. The first-order valence-corrected chi connectivity index (χ1v) is 9.56. The Morgan fingerprint density at radius 3 is 2.62 bits per heavy atom. The number of nitro groups is 1. The number of halogens is 3. The summed E-state index contributed by atoms with van der Waals surface area (Å²) >= 11 is 0. The fourth-order valence-corrected chi connectivity index (χ4v) is 3.15. The highest BCUT2D eigenvalue weighted by atomic mass is 19.4. The van der Waals surface area contributed by atoms with Crippen molar-refractivity contribution in [3.8, 4) is 17.1 Å². The summed E-state index contributed by atoms with van der Waals surface area (Å²) in [6, 6.07) is 9.83. The second-order valence-corrected chi connectivity index (χ2v) is 7.01. The van der Waals surface area contributed by atoms with Crippen LogP contribution in [0.25, 0.3) is 17.2 Å². The van der Waals surface area contributed by atoms with Crippen LogP contribution in [0.2, 0.25) is 0 Å². The summed E-state index contributed by atoms with van der Waals surface area (Å²) in [5.74, 6) is -0.268. The monoisotopic (exact) mass is 446 g/mol. The van der Waals surface area contributed by atoms with E-state index in [1.165, 1.54) is 18.5 Å². The molecule has 4 rings (SSSR count). The Bertz CT molecular complexity index is 1130. The zero-order valence-corrected chi connectivity index (χ0v) is 16.5. The first kappa shape index (κ1) is 21.5. The molecule has 1 aliphatic rings. The number of fused-ring (bicyclic) bond motifs is 1. The molecule has 11 heteroatoms. The predicted octanol–water partition coefficient (Wildman–Crippen LogP) is 4.36. The second-order valence-electron chi connectivity index (χ2n) is 7.01. The Kier molecular flexibility index (Phi) is 5.91. The van der Waals surface area contributed by atoms with Crippen molar-refractivity contribution in [1.82, 2.24) is 14.5 Å². The number of hydrogen-bond acceptors (Lipinski definition) is 6. The first-order valence-electron chi connectivity index (χ1n) is 9.56. The van der Waals surface area contributed by atoms with Crippen molar-refractivity contribution in [2.45, 2.75) is 18.8 Å². The Hall–Kier alpha value is -3.73. The first-order chi connectivity index (χ1) is 15.3. The second kappa shape index (κ2) is 8.79. The number of rotatable bonds is 6. The largest absolute Gasteiger partial charge is 0.443 e. The maximum absolute atomic E-state index is 12.6. The highest BCUT2D eigenvalue weighted by Crippen LogP contribution is 2.29. The van der Waals surface area contributed by atoms with Crippen LogP contribution in [0.1, 0.15) is 11.3 Å². The number of imidazole rings is 1. The van der Waals surface area contributed by atoms with Crippen LogP contribution in [-0.2, 0) is 17.5 Å². The van der Waals surface area contributed by atoms with E-state index in [9.17, 15) is 23.3 Å². The van der Waals surface area contributed by atoms with E-state index < -0.39 is 16.8 Å². The zero-order chi connectivity index (χ0) is 22.7. The maximum Gasteiger partial charge on any atom is 0.433 e. The lowest BCUT2D eigenvalue weighted by Gasteiger charge is -2.21. The molecule has 1 atom stereocenters. The van der Waals surface area contributed by atoms with E-state index in [4.69, 9.17) is 9.47 Å².